The highest BCUT2D eigenvalue weighted by molar-refractivity contribution is 8.13. The first-order chi connectivity index (χ1) is 7.92. The summed E-state index contributed by atoms with van der Waals surface area (Å²) in [6, 6.07) is 3.15. The fourth-order valence-electron chi connectivity index (χ4n) is 1.58. The van der Waals surface area contributed by atoms with Crippen LogP contribution in [0.2, 0.25) is 5.02 Å². The van der Waals surface area contributed by atoms with E-state index in [4.69, 9.17) is 31.4 Å². The van der Waals surface area contributed by atoms with Crippen molar-refractivity contribution in [2.24, 2.45) is 0 Å². The molecule has 0 radical (unpaired) electrons. The van der Waals surface area contributed by atoms with E-state index in [-0.39, 0.29) is 5.75 Å². The highest BCUT2D eigenvalue weighted by atomic mass is 35.7. The third kappa shape index (κ3) is 2.51. The van der Waals surface area contributed by atoms with Crippen LogP contribution in [0.5, 0.6) is 5.75 Å². The third-order valence-electron chi connectivity index (χ3n) is 2.26. The van der Waals surface area contributed by atoms with Crippen molar-refractivity contribution in [2.75, 3.05) is 7.11 Å². The maximum absolute atomic E-state index is 11.1. The number of furan rings is 1. The average molecular weight is 295 g/mol. The van der Waals surface area contributed by atoms with Gasteiger partial charge in [0.25, 0.3) is 0 Å². The normalized spacial score (nSPS) is 11.9. The van der Waals surface area contributed by atoms with E-state index in [0.717, 1.165) is 0 Å². The highest BCUT2D eigenvalue weighted by Gasteiger charge is 2.17. The second-order valence-corrected chi connectivity index (χ2v) is 6.55. The van der Waals surface area contributed by atoms with Crippen LogP contribution in [0.1, 0.15) is 5.56 Å². The summed E-state index contributed by atoms with van der Waals surface area (Å²) in [5.41, 5.74) is 0.862. The van der Waals surface area contributed by atoms with E-state index < -0.39 is 9.05 Å². The molecule has 4 nitrogen and oxygen atoms in total. The minimum absolute atomic E-state index is 0.304. The Labute approximate surface area is 107 Å². The van der Waals surface area contributed by atoms with Crippen LogP contribution >= 0.6 is 22.3 Å². The highest BCUT2D eigenvalue weighted by Crippen LogP contribution is 2.36. The number of fused-ring (bicyclic) bond motifs is 1. The van der Waals surface area contributed by atoms with Gasteiger partial charge < -0.3 is 9.15 Å². The van der Waals surface area contributed by atoms with Gasteiger partial charge in [0.2, 0.25) is 9.05 Å². The molecule has 0 N–H and O–H groups in total. The van der Waals surface area contributed by atoms with Gasteiger partial charge in [-0.15, -0.1) is 0 Å². The van der Waals surface area contributed by atoms with Crippen molar-refractivity contribution in [1.82, 2.24) is 0 Å². The van der Waals surface area contributed by atoms with Crippen molar-refractivity contribution >= 4 is 42.3 Å². The first-order valence-electron chi connectivity index (χ1n) is 4.57. The maximum Gasteiger partial charge on any atom is 0.236 e. The van der Waals surface area contributed by atoms with Crippen molar-refractivity contribution in [1.29, 1.82) is 0 Å². The summed E-state index contributed by atoms with van der Waals surface area (Å²) in [7, 11) is 3.00. The van der Waals surface area contributed by atoms with Crippen LogP contribution < -0.4 is 4.74 Å². The van der Waals surface area contributed by atoms with Crippen LogP contribution in [0.25, 0.3) is 11.0 Å². The van der Waals surface area contributed by atoms with E-state index in [9.17, 15) is 8.42 Å². The molecule has 17 heavy (non-hydrogen) atoms. The summed E-state index contributed by atoms with van der Waals surface area (Å²) in [5.74, 6) is 0.0648. The number of rotatable bonds is 3. The maximum atomic E-state index is 11.1. The molecule has 1 heterocycles. The zero-order valence-electron chi connectivity index (χ0n) is 8.74. The predicted molar refractivity (Wildman–Crippen MR) is 66.3 cm³/mol. The van der Waals surface area contributed by atoms with E-state index in [2.05, 4.69) is 0 Å². The van der Waals surface area contributed by atoms with E-state index >= 15 is 0 Å². The summed E-state index contributed by atoms with van der Waals surface area (Å²) in [4.78, 5) is 0. The molecule has 2 aromatic rings. The zero-order chi connectivity index (χ0) is 12.6. The number of ether oxygens (including phenoxy) is 1. The average Bonchev–Trinajstić information content (AvgIpc) is 2.69. The molecule has 7 heteroatoms. The van der Waals surface area contributed by atoms with Gasteiger partial charge in [-0.2, -0.15) is 0 Å². The van der Waals surface area contributed by atoms with Gasteiger partial charge in [-0.05, 0) is 17.7 Å². The van der Waals surface area contributed by atoms with E-state index in [1.165, 1.54) is 19.4 Å². The lowest BCUT2D eigenvalue weighted by Crippen LogP contribution is -1.97. The van der Waals surface area contributed by atoms with Gasteiger partial charge in [-0.3, -0.25) is 0 Å². The molecular formula is C10H8Cl2O4S. The molecule has 0 saturated heterocycles. The van der Waals surface area contributed by atoms with Crippen molar-refractivity contribution in [3.05, 3.63) is 29.0 Å². The molecule has 0 atom stereocenters. The van der Waals surface area contributed by atoms with E-state index in [1.54, 1.807) is 6.07 Å². The third-order valence-corrected chi connectivity index (χ3v) is 3.69. The first kappa shape index (κ1) is 12.5. The van der Waals surface area contributed by atoms with Crippen molar-refractivity contribution in [2.45, 2.75) is 5.75 Å². The lowest BCUT2D eigenvalue weighted by Gasteiger charge is -2.07. The quantitative estimate of drug-likeness (QED) is 0.816. The molecule has 0 bridgehead atoms. The second-order valence-electron chi connectivity index (χ2n) is 3.40. The Hall–Kier alpha value is -0.910. The smallest absolute Gasteiger partial charge is 0.236 e. The Bertz CT molecular complexity index is 660. The van der Waals surface area contributed by atoms with Crippen LogP contribution in [0.3, 0.4) is 0 Å². The summed E-state index contributed by atoms with van der Waals surface area (Å²) in [6.07, 6.45) is 1.46. The molecule has 0 spiro atoms. The van der Waals surface area contributed by atoms with Crippen molar-refractivity contribution in [3.63, 3.8) is 0 Å². The molecule has 92 valence electrons. The Morgan fingerprint density at radius 3 is 2.76 bits per heavy atom. The summed E-state index contributed by atoms with van der Waals surface area (Å²) < 4.78 is 32.5. The number of halogens is 2. The topological polar surface area (TPSA) is 56.5 Å². The van der Waals surface area contributed by atoms with Crippen molar-refractivity contribution in [3.8, 4) is 5.75 Å². The lowest BCUT2D eigenvalue weighted by atomic mass is 10.1. The SMILES string of the molecule is COc1cc(CS(=O)(=O)Cl)c(Cl)c2ccoc12. The Morgan fingerprint density at radius 1 is 1.47 bits per heavy atom. The Balaban J connectivity index is 2.68. The van der Waals surface area contributed by atoms with Crippen LogP contribution in [0, 0.1) is 0 Å². The van der Waals surface area contributed by atoms with Crippen LogP contribution in [0.4, 0.5) is 0 Å². The molecule has 2 rings (SSSR count). The fourth-order valence-corrected chi connectivity index (χ4v) is 2.88. The molecule has 0 aliphatic rings. The van der Waals surface area contributed by atoms with Gasteiger partial charge in [0, 0.05) is 16.1 Å². The molecule has 1 aromatic carbocycles. The Morgan fingerprint density at radius 2 is 2.18 bits per heavy atom. The van der Waals surface area contributed by atoms with Gasteiger partial charge in [0.1, 0.15) is 0 Å². The summed E-state index contributed by atoms with van der Waals surface area (Å²) in [5, 5.41) is 0.903. The van der Waals surface area contributed by atoms with Gasteiger partial charge >= 0.3 is 0 Å². The standard InChI is InChI=1S/C10H8Cl2O4S/c1-15-8-4-6(5-17(12,13)14)9(11)7-2-3-16-10(7)8/h2-4H,5H2,1H3. The molecule has 0 unspecified atom stereocenters. The van der Waals surface area contributed by atoms with E-state index in [1.807, 2.05) is 0 Å². The van der Waals surface area contributed by atoms with Gasteiger partial charge in [-0.1, -0.05) is 11.6 Å². The number of benzene rings is 1. The monoisotopic (exact) mass is 294 g/mol. The molecule has 0 aliphatic heterocycles. The molecule has 0 amide bonds. The van der Waals surface area contributed by atoms with Crippen LogP contribution in [0.15, 0.2) is 22.8 Å². The van der Waals surface area contributed by atoms with E-state index in [0.29, 0.717) is 27.3 Å². The number of hydrogen-bond donors (Lipinski definition) is 0. The van der Waals surface area contributed by atoms with Crippen LogP contribution in [-0.4, -0.2) is 15.5 Å². The molecular weight excluding hydrogens is 287 g/mol. The minimum atomic E-state index is -3.67. The zero-order valence-corrected chi connectivity index (χ0v) is 11.1. The molecule has 0 saturated carbocycles. The largest absolute Gasteiger partial charge is 0.493 e. The predicted octanol–water partition coefficient (Wildman–Crippen LogP) is 3.16. The fraction of sp³-hybridized carbons (Fsp3) is 0.200. The van der Waals surface area contributed by atoms with Gasteiger partial charge in [-0.25, -0.2) is 8.42 Å². The molecule has 1 aromatic heterocycles. The number of methoxy groups -OCH3 is 1. The van der Waals surface area contributed by atoms with Gasteiger partial charge in [0.15, 0.2) is 11.3 Å². The van der Waals surface area contributed by atoms with Crippen LogP contribution in [-0.2, 0) is 14.8 Å². The minimum Gasteiger partial charge on any atom is -0.493 e. The Kier molecular flexibility index (Phi) is 3.25. The molecule has 0 aliphatic carbocycles. The van der Waals surface area contributed by atoms with Gasteiger partial charge in [0.05, 0.1) is 24.1 Å². The summed E-state index contributed by atoms with van der Waals surface area (Å²) in [6.45, 7) is 0. The second kappa shape index (κ2) is 4.40. The lowest BCUT2D eigenvalue weighted by molar-refractivity contribution is 0.410. The summed E-state index contributed by atoms with van der Waals surface area (Å²) >= 11 is 6.08. The number of hydrogen-bond acceptors (Lipinski definition) is 4. The first-order valence-corrected chi connectivity index (χ1v) is 7.43. The molecule has 0 fully saturated rings. The van der Waals surface area contributed by atoms with Crippen molar-refractivity contribution < 1.29 is 17.6 Å².